The van der Waals surface area contributed by atoms with Crippen molar-refractivity contribution in [3.63, 3.8) is 0 Å². The van der Waals surface area contributed by atoms with Crippen molar-refractivity contribution in [3.8, 4) is 11.1 Å². The second kappa shape index (κ2) is 6.15. The monoisotopic (exact) mass is 346 g/mol. The Hall–Kier alpha value is -0.980. The molecule has 2 atom stereocenters. The number of fused-ring (bicyclic) bond motifs is 3. The molecule has 2 heteroatoms. The van der Waals surface area contributed by atoms with Gasteiger partial charge in [0, 0.05) is 15.5 Å². The maximum absolute atomic E-state index is 6.39. The molecule has 0 N–H and O–H groups in total. The van der Waals surface area contributed by atoms with Crippen LogP contribution in [0, 0.1) is 11.8 Å². The van der Waals surface area contributed by atoms with Crippen LogP contribution in [0.4, 0.5) is 0 Å². The molecule has 122 valence electrons. The van der Waals surface area contributed by atoms with Crippen LogP contribution in [0.1, 0.15) is 51.7 Å². The summed E-state index contributed by atoms with van der Waals surface area (Å²) in [5, 5.41) is 1.64. The highest BCUT2D eigenvalue weighted by molar-refractivity contribution is 6.31. The maximum atomic E-state index is 6.39. The van der Waals surface area contributed by atoms with Gasteiger partial charge in [0.05, 0.1) is 0 Å². The Kier molecular flexibility index (Phi) is 4.51. The summed E-state index contributed by atoms with van der Waals surface area (Å²) in [5.41, 5.74) is 5.39. The van der Waals surface area contributed by atoms with E-state index in [4.69, 9.17) is 23.2 Å². The first-order valence-electron chi connectivity index (χ1n) is 8.57. The second-order valence-electron chi connectivity index (χ2n) is 6.87. The highest BCUT2D eigenvalue weighted by Gasteiger charge is 2.49. The molecule has 0 saturated heterocycles. The number of rotatable bonds is 4. The molecule has 0 heterocycles. The first-order valence-corrected chi connectivity index (χ1v) is 9.32. The van der Waals surface area contributed by atoms with Crippen molar-refractivity contribution >= 4 is 23.2 Å². The average Bonchev–Trinajstić information content (AvgIpc) is 2.83. The lowest BCUT2D eigenvalue weighted by Gasteiger charge is -2.43. The smallest absolute Gasteiger partial charge is 0.0409 e. The fraction of sp³-hybridized carbons (Fsp3) is 0.429. The van der Waals surface area contributed by atoms with Crippen molar-refractivity contribution in [2.75, 3.05) is 0 Å². The van der Waals surface area contributed by atoms with Crippen LogP contribution in [0.2, 0.25) is 10.0 Å². The van der Waals surface area contributed by atoms with Crippen molar-refractivity contribution in [1.82, 2.24) is 0 Å². The molecule has 23 heavy (non-hydrogen) atoms. The van der Waals surface area contributed by atoms with E-state index in [-0.39, 0.29) is 5.41 Å². The predicted molar refractivity (Wildman–Crippen MR) is 102 cm³/mol. The molecule has 3 rings (SSSR count). The predicted octanol–water partition coefficient (Wildman–Crippen LogP) is 7.35. The highest BCUT2D eigenvalue weighted by Crippen LogP contribution is 2.58. The minimum atomic E-state index is -0.00995. The SMILES string of the molecule is CCC(C)C1(C(C)CC)c2cc(Cl)ccc2-c2ccc(Cl)cc21. The van der Waals surface area contributed by atoms with Gasteiger partial charge in [-0.15, -0.1) is 0 Å². The van der Waals surface area contributed by atoms with Gasteiger partial charge in [0.1, 0.15) is 0 Å². The quantitative estimate of drug-likeness (QED) is 0.542. The summed E-state index contributed by atoms with van der Waals surface area (Å²) in [6.07, 6.45) is 2.25. The Morgan fingerprint density at radius 1 is 0.783 bits per heavy atom. The Morgan fingerprint density at radius 2 is 1.17 bits per heavy atom. The van der Waals surface area contributed by atoms with E-state index in [2.05, 4.69) is 52.0 Å². The van der Waals surface area contributed by atoms with Gasteiger partial charge < -0.3 is 0 Å². The molecule has 1 aliphatic rings. The van der Waals surface area contributed by atoms with Crippen LogP contribution in [0.15, 0.2) is 36.4 Å². The van der Waals surface area contributed by atoms with Gasteiger partial charge in [0.2, 0.25) is 0 Å². The van der Waals surface area contributed by atoms with Gasteiger partial charge in [-0.25, -0.2) is 0 Å². The molecule has 1 aliphatic carbocycles. The summed E-state index contributed by atoms with van der Waals surface area (Å²) >= 11 is 12.8. The molecule has 0 nitrogen and oxygen atoms in total. The summed E-state index contributed by atoms with van der Waals surface area (Å²) in [5.74, 6) is 1.05. The van der Waals surface area contributed by atoms with Crippen molar-refractivity contribution in [2.45, 2.75) is 46.0 Å². The summed E-state index contributed by atoms with van der Waals surface area (Å²) in [4.78, 5) is 0. The Balaban J connectivity index is 2.42. The van der Waals surface area contributed by atoms with Crippen LogP contribution < -0.4 is 0 Å². The molecule has 0 bridgehead atoms. The third-order valence-electron chi connectivity index (χ3n) is 5.92. The van der Waals surface area contributed by atoms with E-state index in [1.54, 1.807) is 0 Å². The van der Waals surface area contributed by atoms with E-state index in [0.29, 0.717) is 11.8 Å². The highest BCUT2D eigenvalue weighted by atomic mass is 35.5. The fourth-order valence-electron chi connectivity index (χ4n) is 4.52. The van der Waals surface area contributed by atoms with Crippen LogP contribution in [0.5, 0.6) is 0 Å². The second-order valence-corrected chi connectivity index (χ2v) is 7.74. The van der Waals surface area contributed by atoms with Gasteiger partial charge in [0.15, 0.2) is 0 Å². The minimum absolute atomic E-state index is 0.00995. The van der Waals surface area contributed by atoms with Crippen LogP contribution in [-0.4, -0.2) is 0 Å². The van der Waals surface area contributed by atoms with Gasteiger partial charge >= 0.3 is 0 Å². The molecular weight excluding hydrogens is 323 g/mol. The first kappa shape index (κ1) is 16.9. The molecule has 2 aromatic carbocycles. The van der Waals surface area contributed by atoms with E-state index in [1.807, 2.05) is 12.1 Å². The van der Waals surface area contributed by atoms with Gasteiger partial charge in [0.25, 0.3) is 0 Å². The van der Waals surface area contributed by atoms with E-state index >= 15 is 0 Å². The minimum Gasteiger partial charge on any atom is -0.0843 e. The molecule has 0 aromatic heterocycles. The summed E-state index contributed by atoms with van der Waals surface area (Å²) < 4.78 is 0. The maximum Gasteiger partial charge on any atom is 0.0409 e. The summed E-state index contributed by atoms with van der Waals surface area (Å²) in [6, 6.07) is 12.7. The molecule has 0 fully saturated rings. The van der Waals surface area contributed by atoms with E-state index in [9.17, 15) is 0 Å². The zero-order valence-corrected chi connectivity index (χ0v) is 15.8. The molecule has 0 aliphatic heterocycles. The molecule has 2 unspecified atom stereocenters. The van der Waals surface area contributed by atoms with Gasteiger partial charge in [-0.05, 0) is 58.4 Å². The fourth-order valence-corrected chi connectivity index (χ4v) is 4.87. The van der Waals surface area contributed by atoms with Gasteiger partial charge in [-0.3, -0.25) is 0 Å². The zero-order valence-electron chi connectivity index (χ0n) is 14.3. The number of halogens is 2. The summed E-state index contributed by atoms with van der Waals surface area (Å²) in [7, 11) is 0. The van der Waals surface area contributed by atoms with E-state index in [0.717, 1.165) is 22.9 Å². The molecule has 0 radical (unpaired) electrons. The van der Waals surface area contributed by atoms with Crippen molar-refractivity contribution < 1.29 is 0 Å². The number of hydrogen-bond acceptors (Lipinski definition) is 0. The van der Waals surface area contributed by atoms with Crippen molar-refractivity contribution in [2.24, 2.45) is 11.8 Å². The molecular formula is C21H24Cl2. The average molecular weight is 347 g/mol. The third kappa shape index (κ3) is 2.34. The topological polar surface area (TPSA) is 0 Å². The van der Waals surface area contributed by atoms with Crippen LogP contribution in [0.25, 0.3) is 11.1 Å². The lowest BCUT2D eigenvalue weighted by molar-refractivity contribution is 0.235. The van der Waals surface area contributed by atoms with E-state index in [1.165, 1.54) is 22.3 Å². The molecule has 0 spiro atoms. The zero-order chi connectivity index (χ0) is 16.8. The van der Waals surface area contributed by atoms with Crippen molar-refractivity contribution in [1.29, 1.82) is 0 Å². The Bertz CT molecular complexity index is 669. The van der Waals surface area contributed by atoms with Gasteiger partial charge in [-0.2, -0.15) is 0 Å². The van der Waals surface area contributed by atoms with Gasteiger partial charge in [-0.1, -0.05) is 75.9 Å². The standard InChI is InChI=1S/C21H24Cl2/c1-5-13(3)21(14(4)6-2)19-11-15(22)7-9-17(19)18-10-8-16(23)12-20(18)21/h7-14H,5-6H2,1-4H3. The lowest BCUT2D eigenvalue weighted by atomic mass is 9.60. The van der Waals surface area contributed by atoms with Crippen molar-refractivity contribution in [3.05, 3.63) is 57.6 Å². The number of hydrogen-bond donors (Lipinski definition) is 0. The van der Waals surface area contributed by atoms with Crippen LogP contribution >= 0.6 is 23.2 Å². The largest absolute Gasteiger partial charge is 0.0843 e. The number of benzene rings is 2. The Labute approximate surface area is 149 Å². The Morgan fingerprint density at radius 3 is 1.52 bits per heavy atom. The first-order chi connectivity index (χ1) is 11.0. The third-order valence-corrected chi connectivity index (χ3v) is 6.39. The summed E-state index contributed by atoms with van der Waals surface area (Å²) in [6.45, 7) is 9.29. The molecule has 2 aromatic rings. The van der Waals surface area contributed by atoms with Crippen LogP contribution in [-0.2, 0) is 5.41 Å². The lowest BCUT2D eigenvalue weighted by Crippen LogP contribution is -2.39. The normalized spacial score (nSPS) is 17.5. The molecule has 0 saturated carbocycles. The molecule has 0 amide bonds. The van der Waals surface area contributed by atoms with E-state index < -0.39 is 0 Å². The van der Waals surface area contributed by atoms with Crippen LogP contribution in [0.3, 0.4) is 0 Å².